The second-order valence-electron chi connectivity index (χ2n) is 5.52. The van der Waals surface area contributed by atoms with Crippen LogP contribution in [0.2, 0.25) is 0 Å². The van der Waals surface area contributed by atoms with E-state index >= 15 is 0 Å². The second kappa shape index (κ2) is 6.81. The molecule has 0 atom stereocenters. The van der Waals surface area contributed by atoms with E-state index in [1.165, 1.54) is 24.2 Å². The first kappa shape index (κ1) is 16.1. The van der Waals surface area contributed by atoms with Crippen LogP contribution >= 0.6 is 39.9 Å². The minimum Gasteiger partial charge on any atom is -0.290 e. The van der Waals surface area contributed by atoms with Crippen molar-refractivity contribution >= 4 is 56.2 Å². The van der Waals surface area contributed by atoms with Crippen LogP contribution in [0.1, 0.15) is 37.7 Å². The number of carbonyl (C=O) groups excluding carboxylic acids is 1. The summed E-state index contributed by atoms with van der Waals surface area (Å²) in [7, 11) is 0. The molecule has 1 heterocycles. The van der Waals surface area contributed by atoms with Crippen molar-refractivity contribution in [1.29, 1.82) is 0 Å². The van der Waals surface area contributed by atoms with Gasteiger partial charge in [-0.05, 0) is 52.5 Å². The van der Waals surface area contributed by atoms with Crippen LogP contribution in [-0.2, 0) is 4.79 Å². The van der Waals surface area contributed by atoms with Gasteiger partial charge in [0.25, 0.3) is 5.91 Å². The lowest BCUT2D eigenvalue weighted by Crippen LogP contribution is -2.39. The largest absolute Gasteiger partial charge is 0.290 e. The van der Waals surface area contributed by atoms with Crippen molar-refractivity contribution < 1.29 is 9.18 Å². The van der Waals surface area contributed by atoms with Crippen molar-refractivity contribution in [3.05, 3.63) is 39.0 Å². The lowest BCUT2D eigenvalue weighted by Gasteiger charge is -2.29. The highest BCUT2D eigenvalue weighted by molar-refractivity contribution is 9.10. The summed E-state index contributed by atoms with van der Waals surface area (Å²) in [6, 6.07) is 4.96. The molecule has 0 aromatic heterocycles. The molecule has 2 aliphatic rings. The number of nitrogens with zero attached hydrogens (tertiary/aromatic N) is 1. The molecule has 1 amide bonds. The fraction of sp³-hybridized carbons (Fsp3) is 0.375. The molecule has 3 rings (SSSR count). The third-order valence-electron chi connectivity index (χ3n) is 4.00. The van der Waals surface area contributed by atoms with Gasteiger partial charge in [-0.15, -0.1) is 0 Å². The molecule has 1 saturated carbocycles. The molecule has 1 aromatic rings. The summed E-state index contributed by atoms with van der Waals surface area (Å²) >= 11 is 9.90. The van der Waals surface area contributed by atoms with Crippen LogP contribution < -0.4 is 0 Å². The number of rotatable bonds is 2. The third kappa shape index (κ3) is 3.29. The highest BCUT2D eigenvalue weighted by Gasteiger charge is 2.37. The second-order valence-corrected chi connectivity index (χ2v) is 8.05. The number of thioether (sulfide) groups is 1. The Morgan fingerprint density at radius 2 is 2.05 bits per heavy atom. The minimum atomic E-state index is -0.313. The number of halogens is 2. The molecule has 1 saturated heterocycles. The first-order chi connectivity index (χ1) is 10.6. The minimum absolute atomic E-state index is 0.0117. The van der Waals surface area contributed by atoms with E-state index in [0.29, 0.717) is 13.7 Å². The van der Waals surface area contributed by atoms with Crippen LogP contribution in [0.25, 0.3) is 6.08 Å². The maximum absolute atomic E-state index is 13.3. The van der Waals surface area contributed by atoms with Crippen LogP contribution in [0.4, 0.5) is 4.39 Å². The summed E-state index contributed by atoms with van der Waals surface area (Å²) in [6.45, 7) is 0. The molecule has 1 aliphatic heterocycles. The Hall–Kier alpha value is -0.720. The standard InChI is InChI=1S/C16H15BrFNOS2/c17-12-8-10(6-7-13(12)18)9-14-15(20)19(16(21)22-14)11-4-2-1-3-5-11/h6-9,11H,1-5H2/b14-9-. The predicted octanol–water partition coefficient (Wildman–Crippen LogP) is 5.12. The van der Waals surface area contributed by atoms with E-state index in [4.69, 9.17) is 12.2 Å². The molecule has 22 heavy (non-hydrogen) atoms. The molecule has 2 fully saturated rings. The summed E-state index contributed by atoms with van der Waals surface area (Å²) in [4.78, 5) is 15.0. The topological polar surface area (TPSA) is 20.3 Å². The molecular formula is C16H15BrFNOS2. The first-order valence-corrected chi connectivity index (χ1v) is 9.30. The van der Waals surface area contributed by atoms with Crippen LogP contribution in [0.15, 0.2) is 27.6 Å². The molecule has 1 aliphatic carbocycles. The van der Waals surface area contributed by atoms with Gasteiger partial charge in [-0.2, -0.15) is 0 Å². The number of amides is 1. The van der Waals surface area contributed by atoms with Gasteiger partial charge < -0.3 is 0 Å². The average molecular weight is 400 g/mol. The maximum Gasteiger partial charge on any atom is 0.266 e. The van der Waals surface area contributed by atoms with E-state index in [1.807, 2.05) is 0 Å². The van der Waals surface area contributed by atoms with Crippen LogP contribution in [0.5, 0.6) is 0 Å². The molecule has 6 heteroatoms. The molecule has 1 aromatic carbocycles. The zero-order valence-corrected chi connectivity index (χ0v) is 15.1. The van der Waals surface area contributed by atoms with Gasteiger partial charge in [-0.1, -0.05) is 49.3 Å². The average Bonchev–Trinajstić information content (AvgIpc) is 2.78. The van der Waals surface area contributed by atoms with Crippen molar-refractivity contribution in [2.75, 3.05) is 0 Å². The smallest absolute Gasteiger partial charge is 0.266 e. The lowest BCUT2D eigenvalue weighted by molar-refractivity contribution is -0.124. The van der Waals surface area contributed by atoms with Crippen LogP contribution in [0.3, 0.4) is 0 Å². The van der Waals surface area contributed by atoms with E-state index in [0.717, 1.165) is 31.2 Å². The summed E-state index contributed by atoms with van der Waals surface area (Å²) in [5, 5.41) is 0. The van der Waals surface area contributed by atoms with Crippen LogP contribution in [0, 0.1) is 5.82 Å². The summed E-state index contributed by atoms with van der Waals surface area (Å²) in [6.07, 6.45) is 7.40. The van der Waals surface area contributed by atoms with Crippen molar-refractivity contribution in [2.45, 2.75) is 38.1 Å². The Morgan fingerprint density at radius 3 is 2.73 bits per heavy atom. The molecule has 0 bridgehead atoms. The van der Waals surface area contributed by atoms with E-state index in [2.05, 4.69) is 15.9 Å². The molecule has 0 spiro atoms. The number of benzene rings is 1. The highest BCUT2D eigenvalue weighted by Crippen LogP contribution is 2.37. The Balaban J connectivity index is 1.83. The Kier molecular flexibility index (Phi) is 5.00. The van der Waals surface area contributed by atoms with Gasteiger partial charge in [-0.3, -0.25) is 9.69 Å². The van der Waals surface area contributed by atoms with Crippen molar-refractivity contribution in [1.82, 2.24) is 4.90 Å². The van der Waals surface area contributed by atoms with E-state index in [1.54, 1.807) is 23.1 Å². The van der Waals surface area contributed by atoms with Gasteiger partial charge in [0.05, 0.1) is 9.38 Å². The normalized spacial score (nSPS) is 21.9. The fourth-order valence-corrected chi connectivity index (χ4v) is 4.68. The summed E-state index contributed by atoms with van der Waals surface area (Å²) in [5.41, 5.74) is 0.789. The zero-order chi connectivity index (χ0) is 15.7. The molecule has 0 unspecified atom stereocenters. The van der Waals surface area contributed by atoms with Crippen LogP contribution in [-0.4, -0.2) is 21.2 Å². The molecule has 116 valence electrons. The van der Waals surface area contributed by atoms with Gasteiger partial charge in [0.2, 0.25) is 0 Å². The van der Waals surface area contributed by atoms with Gasteiger partial charge in [0, 0.05) is 6.04 Å². The van der Waals surface area contributed by atoms with Gasteiger partial charge in [0.15, 0.2) is 0 Å². The molecular weight excluding hydrogens is 385 g/mol. The summed E-state index contributed by atoms with van der Waals surface area (Å²) < 4.78 is 14.3. The zero-order valence-electron chi connectivity index (χ0n) is 11.9. The molecule has 2 nitrogen and oxygen atoms in total. The number of thiocarbonyl (C=S) groups is 1. The first-order valence-electron chi connectivity index (χ1n) is 7.28. The Labute approximate surface area is 147 Å². The SMILES string of the molecule is O=C1/C(=C/c2ccc(F)c(Br)c2)SC(=S)N1C1CCCCC1. The third-order valence-corrected chi connectivity index (χ3v) is 5.94. The van der Waals surface area contributed by atoms with E-state index in [9.17, 15) is 9.18 Å². The highest BCUT2D eigenvalue weighted by atomic mass is 79.9. The van der Waals surface area contributed by atoms with Crippen molar-refractivity contribution in [3.8, 4) is 0 Å². The van der Waals surface area contributed by atoms with Gasteiger partial charge >= 0.3 is 0 Å². The predicted molar refractivity (Wildman–Crippen MR) is 96.0 cm³/mol. The van der Waals surface area contributed by atoms with Crippen molar-refractivity contribution in [2.24, 2.45) is 0 Å². The fourth-order valence-electron chi connectivity index (χ4n) is 2.89. The number of hydrogen-bond acceptors (Lipinski definition) is 3. The monoisotopic (exact) mass is 399 g/mol. The van der Waals surface area contributed by atoms with E-state index in [-0.39, 0.29) is 17.8 Å². The number of hydrogen-bond donors (Lipinski definition) is 0. The maximum atomic E-state index is 13.3. The van der Waals surface area contributed by atoms with Gasteiger partial charge in [-0.25, -0.2) is 4.39 Å². The Bertz CT molecular complexity index is 656. The van der Waals surface area contributed by atoms with Crippen molar-refractivity contribution in [3.63, 3.8) is 0 Å². The quantitative estimate of drug-likeness (QED) is 0.508. The number of carbonyl (C=O) groups is 1. The Morgan fingerprint density at radius 1 is 1.32 bits per heavy atom. The summed E-state index contributed by atoms with van der Waals surface area (Å²) in [5.74, 6) is -0.325. The van der Waals surface area contributed by atoms with E-state index < -0.39 is 0 Å². The molecule has 0 N–H and O–H groups in total. The lowest BCUT2D eigenvalue weighted by atomic mass is 9.94. The molecule has 0 radical (unpaired) electrons. The van der Waals surface area contributed by atoms with Gasteiger partial charge in [0.1, 0.15) is 10.1 Å².